The van der Waals surface area contributed by atoms with Crippen molar-refractivity contribution in [3.8, 4) is 0 Å². The predicted octanol–water partition coefficient (Wildman–Crippen LogP) is 2.06. The second kappa shape index (κ2) is 5.25. The third-order valence-electron chi connectivity index (χ3n) is 3.54. The average Bonchev–Trinajstić information content (AvgIpc) is 2.89. The number of rotatable bonds is 5. The quantitative estimate of drug-likeness (QED) is 0.827. The van der Waals surface area contributed by atoms with Crippen LogP contribution in [0.2, 0.25) is 0 Å². The van der Waals surface area contributed by atoms with Gasteiger partial charge in [0.1, 0.15) is 5.01 Å². The number of nitrogens with zero attached hydrogens (tertiary/aromatic N) is 1. The van der Waals surface area contributed by atoms with Gasteiger partial charge in [0.2, 0.25) is 0 Å². The Bertz CT molecular complexity index is 329. The summed E-state index contributed by atoms with van der Waals surface area (Å²) in [5.41, 5.74) is 6.27. The normalized spacial score (nSPS) is 19.1. The lowest BCUT2D eigenvalue weighted by Crippen LogP contribution is -2.38. The first kappa shape index (κ1) is 12.0. The van der Waals surface area contributed by atoms with Crippen LogP contribution >= 0.6 is 11.3 Å². The molecule has 0 saturated heterocycles. The highest BCUT2D eigenvalue weighted by Gasteiger charge is 2.31. The first-order valence-corrected chi connectivity index (χ1v) is 6.88. The van der Waals surface area contributed by atoms with Gasteiger partial charge in [-0.2, -0.15) is 0 Å². The molecule has 0 amide bonds. The summed E-state index contributed by atoms with van der Waals surface area (Å²) in [6, 6.07) is 0. The van der Waals surface area contributed by atoms with Gasteiger partial charge in [0.15, 0.2) is 0 Å². The van der Waals surface area contributed by atoms with Crippen LogP contribution in [0.3, 0.4) is 0 Å². The zero-order valence-corrected chi connectivity index (χ0v) is 10.8. The molecular weight excluding hydrogens is 218 g/mol. The van der Waals surface area contributed by atoms with Crippen LogP contribution in [0.5, 0.6) is 0 Å². The van der Waals surface area contributed by atoms with E-state index in [-0.39, 0.29) is 0 Å². The minimum atomic E-state index is 0.367. The summed E-state index contributed by atoms with van der Waals surface area (Å²) in [4.78, 5) is 5.64. The SMILES string of the molecule is Cc1cnc(CNCC2(CN)CCCC2)s1. The molecule has 1 aliphatic carbocycles. The van der Waals surface area contributed by atoms with Crippen LogP contribution in [-0.4, -0.2) is 18.1 Å². The van der Waals surface area contributed by atoms with E-state index in [2.05, 4.69) is 17.2 Å². The molecule has 0 aliphatic heterocycles. The second-order valence-corrected chi connectivity index (χ2v) is 6.20. The van der Waals surface area contributed by atoms with Gasteiger partial charge in [-0.3, -0.25) is 0 Å². The van der Waals surface area contributed by atoms with E-state index in [1.165, 1.54) is 35.6 Å². The molecule has 90 valence electrons. The molecule has 3 nitrogen and oxygen atoms in total. The maximum absolute atomic E-state index is 5.90. The first-order chi connectivity index (χ1) is 7.74. The van der Waals surface area contributed by atoms with Crippen molar-refractivity contribution in [2.24, 2.45) is 11.1 Å². The van der Waals surface area contributed by atoms with Crippen molar-refractivity contribution in [2.45, 2.75) is 39.2 Å². The van der Waals surface area contributed by atoms with Crippen LogP contribution in [0.15, 0.2) is 6.20 Å². The van der Waals surface area contributed by atoms with Gasteiger partial charge in [-0.05, 0) is 31.7 Å². The van der Waals surface area contributed by atoms with Crippen molar-refractivity contribution >= 4 is 11.3 Å². The number of aromatic nitrogens is 1. The maximum atomic E-state index is 5.90. The Morgan fingerprint density at radius 3 is 2.81 bits per heavy atom. The molecule has 3 N–H and O–H groups in total. The van der Waals surface area contributed by atoms with Crippen LogP contribution < -0.4 is 11.1 Å². The van der Waals surface area contributed by atoms with Crippen LogP contribution in [0.25, 0.3) is 0 Å². The fourth-order valence-corrected chi connectivity index (χ4v) is 3.25. The largest absolute Gasteiger partial charge is 0.330 e. The Labute approximate surface area is 101 Å². The predicted molar refractivity (Wildman–Crippen MR) is 68.5 cm³/mol. The summed E-state index contributed by atoms with van der Waals surface area (Å²) in [6.45, 7) is 4.85. The van der Waals surface area contributed by atoms with Gasteiger partial charge in [0, 0.05) is 24.2 Å². The number of hydrogen-bond donors (Lipinski definition) is 2. The van der Waals surface area contributed by atoms with E-state index in [1.54, 1.807) is 11.3 Å². The smallest absolute Gasteiger partial charge is 0.107 e. The molecule has 0 atom stereocenters. The van der Waals surface area contributed by atoms with Gasteiger partial charge in [0.25, 0.3) is 0 Å². The minimum absolute atomic E-state index is 0.367. The Morgan fingerprint density at radius 2 is 2.25 bits per heavy atom. The van der Waals surface area contributed by atoms with Crippen LogP contribution in [0.1, 0.15) is 35.6 Å². The van der Waals surface area contributed by atoms with E-state index < -0.39 is 0 Å². The molecule has 2 rings (SSSR count). The number of nitrogens with one attached hydrogen (secondary N) is 1. The molecule has 1 saturated carbocycles. The molecule has 1 fully saturated rings. The third-order valence-corrected chi connectivity index (χ3v) is 4.46. The topological polar surface area (TPSA) is 50.9 Å². The van der Waals surface area contributed by atoms with E-state index in [9.17, 15) is 0 Å². The summed E-state index contributed by atoms with van der Waals surface area (Å²) >= 11 is 1.77. The maximum Gasteiger partial charge on any atom is 0.107 e. The van der Waals surface area contributed by atoms with E-state index >= 15 is 0 Å². The first-order valence-electron chi connectivity index (χ1n) is 6.06. The summed E-state index contributed by atoms with van der Waals surface area (Å²) < 4.78 is 0. The third kappa shape index (κ3) is 2.81. The van der Waals surface area contributed by atoms with Crippen LogP contribution in [0, 0.1) is 12.3 Å². The van der Waals surface area contributed by atoms with Crippen molar-refractivity contribution < 1.29 is 0 Å². The zero-order chi connectivity index (χ0) is 11.4. The molecule has 0 unspecified atom stereocenters. The van der Waals surface area contributed by atoms with Gasteiger partial charge in [-0.1, -0.05) is 12.8 Å². The van der Waals surface area contributed by atoms with E-state index in [0.29, 0.717) is 5.41 Å². The van der Waals surface area contributed by atoms with Crippen molar-refractivity contribution in [1.82, 2.24) is 10.3 Å². The molecule has 0 bridgehead atoms. The summed E-state index contributed by atoms with van der Waals surface area (Å²) in [5.74, 6) is 0. The summed E-state index contributed by atoms with van der Waals surface area (Å²) in [7, 11) is 0. The highest BCUT2D eigenvalue weighted by atomic mass is 32.1. The average molecular weight is 239 g/mol. The van der Waals surface area contributed by atoms with Crippen LogP contribution in [0.4, 0.5) is 0 Å². The number of aryl methyl sites for hydroxylation is 1. The van der Waals surface area contributed by atoms with Gasteiger partial charge in [-0.25, -0.2) is 4.98 Å². The zero-order valence-electron chi connectivity index (χ0n) is 9.96. The summed E-state index contributed by atoms with van der Waals surface area (Å²) in [5, 5.41) is 4.70. The van der Waals surface area contributed by atoms with E-state index in [0.717, 1.165) is 19.6 Å². The van der Waals surface area contributed by atoms with Crippen molar-refractivity contribution in [3.05, 3.63) is 16.1 Å². The number of nitrogens with two attached hydrogens (primary N) is 1. The number of thiazole rings is 1. The molecule has 0 aromatic carbocycles. The monoisotopic (exact) mass is 239 g/mol. The van der Waals surface area contributed by atoms with E-state index in [4.69, 9.17) is 5.73 Å². The lowest BCUT2D eigenvalue weighted by molar-refractivity contribution is 0.290. The Morgan fingerprint density at radius 1 is 1.50 bits per heavy atom. The van der Waals surface area contributed by atoms with Gasteiger partial charge < -0.3 is 11.1 Å². The Kier molecular flexibility index (Phi) is 3.95. The molecule has 0 radical (unpaired) electrons. The molecule has 4 heteroatoms. The molecule has 1 aliphatic rings. The van der Waals surface area contributed by atoms with Crippen LogP contribution in [-0.2, 0) is 6.54 Å². The molecule has 1 aromatic heterocycles. The van der Waals surface area contributed by atoms with Gasteiger partial charge in [-0.15, -0.1) is 11.3 Å². The van der Waals surface area contributed by atoms with Crippen molar-refractivity contribution in [2.75, 3.05) is 13.1 Å². The fraction of sp³-hybridized carbons (Fsp3) is 0.750. The second-order valence-electron chi connectivity index (χ2n) is 4.88. The summed E-state index contributed by atoms with van der Waals surface area (Å²) in [6.07, 6.45) is 7.20. The molecule has 16 heavy (non-hydrogen) atoms. The Balaban J connectivity index is 1.78. The molecular formula is C12H21N3S. The highest BCUT2D eigenvalue weighted by molar-refractivity contribution is 7.11. The lowest BCUT2D eigenvalue weighted by Gasteiger charge is -2.27. The fourth-order valence-electron chi connectivity index (χ4n) is 2.50. The van der Waals surface area contributed by atoms with Gasteiger partial charge >= 0.3 is 0 Å². The minimum Gasteiger partial charge on any atom is -0.330 e. The standard InChI is InChI=1S/C12H21N3S/c1-10-6-15-11(16-10)7-14-9-12(8-13)4-2-3-5-12/h6,14H,2-5,7-9,13H2,1H3. The van der Waals surface area contributed by atoms with Crippen molar-refractivity contribution in [1.29, 1.82) is 0 Å². The highest BCUT2D eigenvalue weighted by Crippen LogP contribution is 2.36. The van der Waals surface area contributed by atoms with E-state index in [1.807, 2.05) is 6.20 Å². The molecule has 1 aromatic rings. The number of hydrogen-bond acceptors (Lipinski definition) is 4. The molecule has 1 heterocycles. The Hall–Kier alpha value is -0.450. The molecule has 0 spiro atoms. The lowest BCUT2D eigenvalue weighted by atomic mass is 9.86. The van der Waals surface area contributed by atoms with Gasteiger partial charge in [0.05, 0.1) is 0 Å². The van der Waals surface area contributed by atoms with Crippen molar-refractivity contribution in [3.63, 3.8) is 0 Å².